The van der Waals surface area contributed by atoms with Crippen molar-refractivity contribution in [2.45, 2.75) is 88.5 Å². The third-order valence-corrected chi connectivity index (χ3v) is 3.74. The van der Waals surface area contributed by atoms with Crippen molar-refractivity contribution < 1.29 is 4.79 Å². The minimum Gasteiger partial charge on any atom is -0.374 e. The lowest BCUT2D eigenvalue weighted by Crippen LogP contribution is -2.27. The summed E-state index contributed by atoms with van der Waals surface area (Å²) in [5.74, 6) is 1.84. The van der Waals surface area contributed by atoms with E-state index in [2.05, 4.69) is 55.9 Å². The molecule has 0 aliphatic rings. The normalized spacial score (nSPS) is 12.3. The van der Waals surface area contributed by atoms with Crippen LogP contribution < -0.4 is 5.32 Å². The molecule has 0 saturated carbocycles. The molecule has 1 unspecified atom stereocenters. The van der Waals surface area contributed by atoms with Crippen molar-refractivity contribution in [1.82, 2.24) is 5.32 Å². The molecule has 0 bridgehead atoms. The Bertz CT molecular complexity index is 497. The van der Waals surface area contributed by atoms with Gasteiger partial charge in [0, 0.05) is 25.9 Å². The molecule has 0 fully saturated rings. The number of aliphatic imine (C=N–C) groups is 1. The first-order valence-electron chi connectivity index (χ1n) is 11.6. The Balaban J connectivity index is -0.000000194. The van der Waals surface area contributed by atoms with Gasteiger partial charge in [-0.1, -0.05) is 90.2 Å². The molecule has 0 aliphatic heterocycles. The van der Waals surface area contributed by atoms with E-state index < -0.39 is 0 Å². The second-order valence-electron chi connectivity index (χ2n) is 6.66. The zero-order valence-electron chi connectivity index (χ0n) is 22.0. The maximum absolute atomic E-state index is 11.3. The highest BCUT2D eigenvalue weighted by Gasteiger charge is 2.12. The minimum absolute atomic E-state index is 0.0438. The average Bonchev–Trinajstić information content (AvgIpc) is 2.75. The fourth-order valence-electron chi connectivity index (χ4n) is 2.05. The summed E-state index contributed by atoms with van der Waals surface area (Å²) in [4.78, 5) is 15.4. The van der Waals surface area contributed by atoms with Crippen LogP contribution in [0.25, 0.3) is 0 Å². The molecule has 0 saturated heterocycles. The number of hydrogen-bond donors (Lipinski definition) is 1. The minimum atomic E-state index is -0.0438. The van der Waals surface area contributed by atoms with E-state index in [-0.39, 0.29) is 11.7 Å². The van der Waals surface area contributed by atoms with E-state index >= 15 is 0 Å². The first-order valence-corrected chi connectivity index (χ1v) is 11.6. The lowest BCUT2D eigenvalue weighted by atomic mass is 10.00. The standard InChI is InChI=1S/C12H20.C11H20N2O.2C2H6/c1-5-12(4)10-8-6-7-9-11(2)3;1-5-7-10(9(3)14)8-11(12-4)13-6-2;2*1-2/h5-6,8,10-11H,1,7,9H2,2-4H3;5,7,10H,6,8H2,1-4H3,(H,12,13);2*1-2H3/b8-6-,12-10-;;;. The zero-order chi connectivity index (χ0) is 24.4. The van der Waals surface area contributed by atoms with Gasteiger partial charge in [-0.2, -0.15) is 0 Å². The maximum Gasteiger partial charge on any atom is 0.137 e. The number of allylic oxidation sites excluding steroid dienone is 7. The second-order valence-corrected chi connectivity index (χ2v) is 6.66. The highest BCUT2D eigenvalue weighted by Crippen LogP contribution is 2.07. The molecule has 176 valence electrons. The SMILES string of the molecule is C=C/C(C)=C\C=C/CCC(C)C.CC.CC.CC=CC(CC(=NC)NCC)C(C)=O. The highest BCUT2D eigenvalue weighted by molar-refractivity contribution is 5.89. The molecule has 0 aromatic carbocycles. The predicted molar refractivity (Wildman–Crippen MR) is 140 cm³/mol. The van der Waals surface area contributed by atoms with Crippen molar-refractivity contribution in [1.29, 1.82) is 0 Å². The number of ketones is 1. The van der Waals surface area contributed by atoms with Gasteiger partial charge in [0.25, 0.3) is 0 Å². The quantitative estimate of drug-likeness (QED) is 0.168. The van der Waals surface area contributed by atoms with Crippen LogP contribution in [-0.4, -0.2) is 25.2 Å². The number of nitrogens with one attached hydrogen (secondary N) is 1. The molecule has 0 aromatic rings. The summed E-state index contributed by atoms with van der Waals surface area (Å²) in [6, 6.07) is 0. The molecule has 0 rings (SSSR count). The summed E-state index contributed by atoms with van der Waals surface area (Å²) in [6.07, 6.45) is 15.2. The van der Waals surface area contributed by atoms with E-state index in [0.717, 1.165) is 18.3 Å². The van der Waals surface area contributed by atoms with E-state index in [1.807, 2.05) is 59.8 Å². The Morgan fingerprint density at radius 2 is 1.70 bits per heavy atom. The van der Waals surface area contributed by atoms with Gasteiger partial charge < -0.3 is 5.32 Å². The Kier molecular flexibility index (Phi) is 34.7. The number of carbonyl (C=O) groups excluding carboxylic acids is 1. The summed E-state index contributed by atoms with van der Waals surface area (Å²) >= 11 is 0. The first kappa shape index (κ1) is 35.5. The Labute approximate surface area is 189 Å². The van der Waals surface area contributed by atoms with Gasteiger partial charge in [0.15, 0.2) is 0 Å². The van der Waals surface area contributed by atoms with Crippen LogP contribution in [0, 0.1) is 11.8 Å². The van der Waals surface area contributed by atoms with Crippen LogP contribution >= 0.6 is 0 Å². The predicted octanol–water partition coefficient (Wildman–Crippen LogP) is 7.96. The Hall–Kier alpha value is -1.90. The fourth-order valence-corrected chi connectivity index (χ4v) is 2.05. The molecule has 3 nitrogen and oxygen atoms in total. The second kappa shape index (κ2) is 29.3. The van der Waals surface area contributed by atoms with Gasteiger partial charge in [0.2, 0.25) is 0 Å². The summed E-state index contributed by atoms with van der Waals surface area (Å²) in [7, 11) is 1.74. The third kappa shape index (κ3) is 28.3. The monoisotopic (exact) mass is 420 g/mol. The lowest BCUT2D eigenvalue weighted by Gasteiger charge is -2.11. The largest absolute Gasteiger partial charge is 0.374 e. The maximum atomic E-state index is 11.3. The number of nitrogens with zero attached hydrogens (tertiary/aromatic N) is 1. The molecular formula is C27H52N2O. The van der Waals surface area contributed by atoms with Crippen molar-refractivity contribution in [3.05, 3.63) is 48.6 Å². The van der Waals surface area contributed by atoms with Gasteiger partial charge >= 0.3 is 0 Å². The van der Waals surface area contributed by atoms with Crippen molar-refractivity contribution in [2.24, 2.45) is 16.8 Å². The molecule has 0 spiro atoms. The van der Waals surface area contributed by atoms with E-state index in [1.165, 1.54) is 18.4 Å². The van der Waals surface area contributed by atoms with Gasteiger partial charge in [-0.05, 0) is 46.5 Å². The summed E-state index contributed by atoms with van der Waals surface area (Å²) in [5.41, 5.74) is 1.22. The summed E-state index contributed by atoms with van der Waals surface area (Å²) < 4.78 is 0. The van der Waals surface area contributed by atoms with Gasteiger partial charge in [0.1, 0.15) is 5.78 Å². The number of amidine groups is 1. The smallest absolute Gasteiger partial charge is 0.137 e. The Morgan fingerprint density at radius 3 is 2.07 bits per heavy atom. The highest BCUT2D eigenvalue weighted by atomic mass is 16.1. The van der Waals surface area contributed by atoms with Crippen molar-refractivity contribution in [3.63, 3.8) is 0 Å². The molecule has 1 atom stereocenters. The van der Waals surface area contributed by atoms with Gasteiger partial charge in [0.05, 0.1) is 5.84 Å². The summed E-state index contributed by atoms with van der Waals surface area (Å²) in [5, 5.41) is 3.14. The molecular weight excluding hydrogens is 368 g/mol. The van der Waals surface area contributed by atoms with Crippen molar-refractivity contribution in [2.75, 3.05) is 13.6 Å². The number of carbonyl (C=O) groups is 1. The van der Waals surface area contributed by atoms with Gasteiger partial charge in [-0.15, -0.1) is 0 Å². The average molecular weight is 421 g/mol. The van der Waals surface area contributed by atoms with Crippen LogP contribution in [0.15, 0.2) is 53.6 Å². The first-order chi connectivity index (χ1) is 14.3. The number of hydrogen-bond acceptors (Lipinski definition) is 2. The molecule has 3 heteroatoms. The molecule has 0 aliphatic carbocycles. The zero-order valence-corrected chi connectivity index (χ0v) is 22.0. The molecule has 0 aromatic heterocycles. The molecule has 30 heavy (non-hydrogen) atoms. The van der Waals surface area contributed by atoms with Crippen molar-refractivity contribution >= 4 is 11.6 Å². The molecule has 0 heterocycles. The van der Waals surface area contributed by atoms with Crippen LogP contribution in [0.3, 0.4) is 0 Å². The van der Waals surface area contributed by atoms with Crippen LogP contribution in [-0.2, 0) is 4.79 Å². The van der Waals surface area contributed by atoms with Crippen molar-refractivity contribution in [3.8, 4) is 0 Å². The van der Waals surface area contributed by atoms with Crippen LogP contribution in [0.4, 0.5) is 0 Å². The fraction of sp³-hybridized carbons (Fsp3) is 0.630. The molecule has 0 radical (unpaired) electrons. The topological polar surface area (TPSA) is 41.5 Å². The van der Waals surface area contributed by atoms with Crippen LogP contribution in [0.1, 0.15) is 88.5 Å². The van der Waals surface area contributed by atoms with E-state index in [0.29, 0.717) is 6.42 Å². The van der Waals surface area contributed by atoms with E-state index in [1.54, 1.807) is 14.0 Å². The summed E-state index contributed by atoms with van der Waals surface area (Å²) in [6.45, 7) is 24.6. The van der Waals surface area contributed by atoms with Gasteiger partial charge in [-0.25, -0.2) is 0 Å². The van der Waals surface area contributed by atoms with E-state index in [4.69, 9.17) is 0 Å². The Morgan fingerprint density at radius 1 is 1.13 bits per heavy atom. The van der Waals surface area contributed by atoms with Gasteiger partial charge in [-0.3, -0.25) is 9.79 Å². The molecule has 0 amide bonds. The lowest BCUT2D eigenvalue weighted by molar-refractivity contribution is -0.119. The molecule has 1 N–H and O–H groups in total. The number of Topliss-reactive ketones (excluding diaryl/α,β-unsaturated/α-hetero) is 1. The van der Waals surface area contributed by atoms with Crippen LogP contribution in [0.2, 0.25) is 0 Å². The van der Waals surface area contributed by atoms with E-state index in [9.17, 15) is 4.79 Å². The number of rotatable bonds is 10. The third-order valence-electron chi connectivity index (χ3n) is 3.74. The van der Waals surface area contributed by atoms with Crippen LogP contribution in [0.5, 0.6) is 0 Å².